The summed E-state index contributed by atoms with van der Waals surface area (Å²) in [6, 6.07) is 0.148. The van der Waals surface area contributed by atoms with Gasteiger partial charge in [-0.1, -0.05) is 0 Å². The fourth-order valence-electron chi connectivity index (χ4n) is 1.71. The third-order valence-electron chi connectivity index (χ3n) is 2.32. The smallest absolute Gasteiger partial charge is 0.407 e. The van der Waals surface area contributed by atoms with Crippen molar-refractivity contribution in [2.24, 2.45) is 0 Å². The van der Waals surface area contributed by atoms with E-state index in [-0.39, 0.29) is 12.6 Å². The number of hydrogen-bond acceptors (Lipinski definition) is 2. The maximum atomic E-state index is 10.6. The zero-order valence-corrected chi connectivity index (χ0v) is 7.07. The third kappa shape index (κ3) is 2.11. The number of likely N-dealkylation sites (tertiary alicyclic amines) is 1. The van der Waals surface area contributed by atoms with Crippen molar-refractivity contribution in [3.8, 4) is 0 Å². The van der Waals surface area contributed by atoms with Gasteiger partial charge in [-0.2, -0.15) is 0 Å². The van der Waals surface area contributed by atoms with Gasteiger partial charge in [-0.25, -0.2) is 4.79 Å². The van der Waals surface area contributed by atoms with Gasteiger partial charge in [0.15, 0.2) is 0 Å². The summed E-state index contributed by atoms with van der Waals surface area (Å²) >= 11 is 0. The fourth-order valence-corrected chi connectivity index (χ4v) is 1.71. The van der Waals surface area contributed by atoms with Crippen LogP contribution in [0.25, 0.3) is 0 Å². The van der Waals surface area contributed by atoms with Gasteiger partial charge < -0.3 is 15.1 Å². The van der Waals surface area contributed by atoms with Gasteiger partial charge in [0.1, 0.15) is 0 Å². The Labute approximate surface area is 71.8 Å². The predicted molar refractivity (Wildman–Crippen MR) is 44.1 cm³/mol. The molecule has 0 bridgehead atoms. The summed E-state index contributed by atoms with van der Waals surface area (Å²) < 4.78 is 0. The minimum absolute atomic E-state index is 0.148. The van der Waals surface area contributed by atoms with Crippen molar-refractivity contribution in [1.29, 1.82) is 0 Å². The monoisotopic (exact) mass is 173 g/mol. The van der Waals surface area contributed by atoms with Crippen LogP contribution in [-0.4, -0.2) is 40.4 Å². The van der Waals surface area contributed by atoms with Crippen molar-refractivity contribution in [1.82, 2.24) is 4.90 Å². The Kier molecular flexibility index (Phi) is 3.34. The van der Waals surface area contributed by atoms with Crippen LogP contribution in [0.3, 0.4) is 0 Å². The second-order valence-corrected chi connectivity index (χ2v) is 3.14. The van der Waals surface area contributed by atoms with E-state index in [1.165, 1.54) is 4.90 Å². The zero-order valence-electron chi connectivity index (χ0n) is 7.07. The van der Waals surface area contributed by atoms with Gasteiger partial charge in [0.05, 0.1) is 0 Å². The number of amides is 1. The predicted octanol–water partition coefficient (Wildman–Crippen LogP) is 0.901. The van der Waals surface area contributed by atoms with Gasteiger partial charge in [-0.05, 0) is 25.7 Å². The van der Waals surface area contributed by atoms with Crippen LogP contribution in [0.15, 0.2) is 0 Å². The average Bonchev–Trinajstić information content (AvgIpc) is 2.48. The van der Waals surface area contributed by atoms with Crippen LogP contribution < -0.4 is 0 Å². The average molecular weight is 173 g/mol. The van der Waals surface area contributed by atoms with Crippen LogP contribution in [0, 0.1) is 0 Å². The van der Waals surface area contributed by atoms with Crippen molar-refractivity contribution in [2.75, 3.05) is 13.2 Å². The highest BCUT2D eigenvalue weighted by Gasteiger charge is 2.27. The lowest BCUT2D eigenvalue weighted by Gasteiger charge is -2.20. The molecule has 1 rings (SSSR count). The minimum Gasteiger partial charge on any atom is -0.465 e. The van der Waals surface area contributed by atoms with E-state index in [1.807, 2.05) is 0 Å². The van der Waals surface area contributed by atoms with Crippen molar-refractivity contribution < 1.29 is 15.0 Å². The third-order valence-corrected chi connectivity index (χ3v) is 2.32. The van der Waals surface area contributed by atoms with Gasteiger partial charge in [-0.3, -0.25) is 0 Å². The molecule has 1 heterocycles. The summed E-state index contributed by atoms with van der Waals surface area (Å²) in [5.41, 5.74) is 0. The van der Waals surface area contributed by atoms with Crippen molar-refractivity contribution in [3.63, 3.8) is 0 Å². The largest absolute Gasteiger partial charge is 0.465 e. The van der Waals surface area contributed by atoms with Crippen LogP contribution in [-0.2, 0) is 0 Å². The summed E-state index contributed by atoms with van der Waals surface area (Å²) in [6.07, 6.45) is 2.59. The molecule has 0 aromatic rings. The lowest BCUT2D eigenvalue weighted by atomic mass is 10.1. The summed E-state index contributed by atoms with van der Waals surface area (Å²) in [5.74, 6) is 0. The molecule has 0 saturated carbocycles. The summed E-state index contributed by atoms with van der Waals surface area (Å²) in [5, 5.41) is 17.3. The number of aliphatic hydroxyl groups is 1. The molecule has 0 unspecified atom stereocenters. The van der Waals surface area contributed by atoms with Crippen molar-refractivity contribution in [3.05, 3.63) is 0 Å². The number of aliphatic hydroxyl groups excluding tert-OH is 1. The van der Waals surface area contributed by atoms with E-state index < -0.39 is 6.09 Å². The van der Waals surface area contributed by atoms with E-state index in [0.29, 0.717) is 13.0 Å². The van der Waals surface area contributed by atoms with Crippen molar-refractivity contribution >= 4 is 6.09 Å². The van der Waals surface area contributed by atoms with Crippen LogP contribution in [0.5, 0.6) is 0 Å². The van der Waals surface area contributed by atoms with Crippen molar-refractivity contribution in [2.45, 2.75) is 31.7 Å². The molecule has 1 aliphatic heterocycles. The first-order chi connectivity index (χ1) is 5.75. The maximum Gasteiger partial charge on any atom is 0.407 e. The van der Waals surface area contributed by atoms with Gasteiger partial charge in [-0.15, -0.1) is 0 Å². The molecule has 0 aromatic carbocycles. The highest BCUT2D eigenvalue weighted by Crippen LogP contribution is 2.20. The molecule has 2 N–H and O–H groups in total. The SMILES string of the molecule is O=C(O)N1CCC[C@H]1CCCO. The Bertz CT molecular complexity index is 160. The molecule has 4 nitrogen and oxygen atoms in total. The number of carboxylic acid groups (broad SMARTS) is 1. The number of nitrogens with zero attached hydrogens (tertiary/aromatic N) is 1. The summed E-state index contributed by atoms with van der Waals surface area (Å²) in [4.78, 5) is 12.1. The first kappa shape index (κ1) is 9.32. The molecule has 12 heavy (non-hydrogen) atoms. The van der Waals surface area contributed by atoms with E-state index >= 15 is 0 Å². The number of hydrogen-bond donors (Lipinski definition) is 2. The highest BCUT2D eigenvalue weighted by atomic mass is 16.4. The van der Waals surface area contributed by atoms with Crippen LogP contribution in [0.2, 0.25) is 0 Å². The number of rotatable bonds is 3. The molecule has 1 fully saturated rings. The Hall–Kier alpha value is -0.770. The standard InChI is InChI=1S/C8H15NO3/c10-6-2-4-7-3-1-5-9(7)8(11)12/h7,10H,1-6H2,(H,11,12)/t7-/m0/s1. The van der Waals surface area contributed by atoms with Crippen LogP contribution in [0.4, 0.5) is 4.79 Å². The first-order valence-electron chi connectivity index (χ1n) is 4.36. The molecule has 0 aromatic heterocycles. The van der Waals surface area contributed by atoms with Gasteiger partial charge >= 0.3 is 6.09 Å². The number of carbonyl (C=O) groups is 1. The van der Waals surface area contributed by atoms with Gasteiger partial charge in [0.2, 0.25) is 0 Å². The molecule has 4 heteroatoms. The summed E-state index contributed by atoms with van der Waals surface area (Å²) in [6.45, 7) is 0.815. The quantitative estimate of drug-likeness (QED) is 0.666. The Morgan fingerprint density at radius 1 is 1.58 bits per heavy atom. The highest BCUT2D eigenvalue weighted by molar-refractivity contribution is 5.65. The summed E-state index contributed by atoms with van der Waals surface area (Å²) in [7, 11) is 0. The molecule has 1 saturated heterocycles. The molecule has 1 atom stereocenters. The van der Waals surface area contributed by atoms with Crippen LogP contribution >= 0.6 is 0 Å². The van der Waals surface area contributed by atoms with E-state index in [2.05, 4.69) is 0 Å². The van der Waals surface area contributed by atoms with E-state index in [9.17, 15) is 4.79 Å². The Morgan fingerprint density at radius 3 is 2.92 bits per heavy atom. The zero-order chi connectivity index (χ0) is 8.97. The van der Waals surface area contributed by atoms with E-state index in [4.69, 9.17) is 10.2 Å². The lowest BCUT2D eigenvalue weighted by molar-refractivity contribution is 0.135. The molecular formula is C8H15NO3. The van der Waals surface area contributed by atoms with Gasteiger partial charge in [0, 0.05) is 19.2 Å². The topological polar surface area (TPSA) is 60.8 Å². The normalized spacial score (nSPS) is 23.1. The first-order valence-corrected chi connectivity index (χ1v) is 4.36. The second-order valence-electron chi connectivity index (χ2n) is 3.14. The van der Waals surface area contributed by atoms with Gasteiger partial charge in [0.25, 0.3) is 0 Å². The minimum atomic E-state index is -0.824. The molecular weight excluding hydrogens is 158 g/mol. The molecule has 0 aliphatic carbocycles. The fraction of sp³-hybridized carbons (Fsp3) is 0.875. The Morgan fingerprint density at radius 2 is 2.33 bits per heavy atom. The maximum absolute atomic E-state index is 10.6. The van der Waals surface area contributed by atoms with E-state index in [1.54, 1.807) is 0 Å². The molecule has 1 amide bonds. The molecule has 1 aliphatic rings. The second kappa shape index (κ2) is 4.30. The molecule has 0 spiro atoms. The lowest BCUT2D eigenvalue weighted by Crippen LogP contribution is -2.34. The van der Waals surface area contributed by atoms with Crippen LogP contribution in [0.1, 0.15) is 25.7 Å². The van der Waals surface area contributed by atoms with E-state index in [0.717, 1.165) is 19.3 Å². The molecule has 70 valence electrons. The Balaban J connectivity index is 2.35. The molecule has 0 radical (unpaired) electrons.